The van der Waals surface area contributed by atoms with Crippen LogP contribution in [0.2, 0.25) is 0 Å². The van der Waals surface area contributed by atoms with Crippen molar-refractivity contribution >= 4 is 39.8 Å². The van der Waals surface area contributed by atoms with E-state index in [-0.39, 0.29) is 0 Å². The average Bonchev–Trinajstić information content (AvgIpc) is 3.45. The maximum Gasteiger partial charge on any atom is 0.168 e. The number of nitrogens with one attached hydrogen (secondary N) is 3. The van der Waals surface area contributed by atoms with Crippen LogP contribution in [-0.4, -0.2) is 31.3 Å². The molecule has 9 nitrogen and oxygen atoms in total. The number of aliphatic imine (C=N–C) groups is 1. The number of rotatable bonds is 7. The summed E-state index contributed by atoms with van der Waals surface area (Å²) in [5.41, 5.74) is 9.21. The van der Waals surface area contributed by atoms with Crippen LogP contribution in [0, 0.1) is 5.41 Å². The Balaban J connectivity index is 1.53. The van der Waals surface area contributed by atoms with E-state index in [1.807, 2.05) is 66.9 Å². The Morgan fingerprint density at radius 3 is 2.66 bits per heavy atom. The molecule has 0 bridgehead atoms. The van der Waals surface area contributed by atoms with Gasteiger partial charge in [-0.2, -0.15) is 0 Å². The third-order valence-electron chi connectivity index (χ3n) is 5.30. The monoisotopic (exact) mass is 464 g/mol. The summed E-state index contributed by atoms with van der Waals surface area (Å²) in [6.07, 6.45) is 5.24. The van der Waals surface area contributed by atoms with Crippen LogP contribution < -0.4 is 15.8 Å². The lowest BCUT2D eigenvalue weighted by Gasteiger charge is -2.10. The van der Waals surface area contributed by atoms with E-state index in [2.05, 4.69) is 20.3 Å². The largest absolute Gasteiger partial charge is 0.455 e. The maximum atomic E-state index is 8.41. The van der Waals surface area contributed by atoms with Gasteiger partial charge in [0.25, 0.3) is 0 Å². The molecule has 0 spiro atoms. The molecule has 0 radical (unpaired) electrons. The van der Waals surface area contributed by atoms with Crippen molar-refractivity contribution in [1.82, 2.24) is 19.7 Å². The average molecular weight is 465 g/mol. The number of pyridine rings is 1. The molecule has 3 aromatic heterocycles. The summed E-state index contributed by atoms with van der Waals surface area (Å²) in [6.45, 7) is 3.39. The maximum absolute atomic E-state index is 8.41. The number of para-hydroxylation sites is 1. The number of benzene rings is 2. The molecule has 5 N–H and O–H groups in total. The van der Waals surface area contributed by atoms with Gasteiger partial charge < -0.3 is 26.2 Å². The van der Waals surface area contributed by atoms with Gasteiger partial charge in [0.15, 0.2) is 17.4 Å². The number of ether oxygens (including phenoxy) is 1. The fourth-order valence-corrected chi connectivity index (χ4v) is 3.82. The standard InChI is InChI=1S/C26H24N8O/c1-16(27)23-25(33-34(26(23)31-17(2)28)20-10-12-29-13-11-20)32-19-6-4-7-21(15-19)35-22-8-3-5-18-9-14-30-24(18)22/h3-15,27,30H,1-2H3,(H2,28,31)(H,32,33). The van der Waals surface area contributed by atoms with E-state index in [4.69, 9.17) is 21.0 Å². The van der Waals surface area contributed by atoms with Crippen LogP contribution in [-0.2, 0) is 0 Å². The zero-order valence-electron chi connectivity index (χ0n) is 19.3. The van der Waals surface area contributed by atoms with Gasteiger partial charge in [0, 0.05) is 41.4 Å². The van der Waals surface area contributed by atoms with Crippen LogP contribution in [0.3, 0.4) is 0 Å². The first-order chi connectivity index (χ1) is 17.0. The number of nitrogens with two attached hydrogens (primary N) is 1. The normalized spacial score (nSPS) is 11.5. The molecule has 0 aliphatic rings. The van der Waals surface area contributed by atoms with Gasteiger partial charge in [0.2, 0.25) is 0 Å². The minimum absolute atomic E-state index is 0.304. The molecule has 0 atom stereocenters. The lowest BCUT2D eigenvalue weighted by Crippen LogP contribution is -2.06. The smallest absolute Gasteiger partial charge is 0.168 e. The molecule has 9 heteroatoms. The molecule has 0 amide bonds. The lowest BCUT2D eigenvalue weighted by atomic mass is 10.2. The molecule has 0 aliphatic carbocycles. The zero-order valence-corrected chi connectivity index (χ0v) is 19.3. The zero-order chi connectivity index (χ0) is 24.4. The quantitative estimate of drug-likeness (QED) is 0.182. The molecule has 5 aromatic rings. The van der Waals surface area contributed by atoms with Crippen molar-refractivity contribution in [3.63, 3.8) is 0 Å². The molecule has 3 heterocycles. The summed E-state index contributed by atoms with van der Waals surface area (Å²) in [5.74, 6) is 2.71. The lowest BCUT2D eigenvalue weighted by molar-refractivity contribution is 0.487. The van der Waals surface area contributed by atoms with Gasteiger partial charge in [-0.05, 0) is 50.2 Å². The van der Waals surface area contributed by atoms with Gasteiger partial charge >= 0.3 is 0 Å². The Labute approximate surface area is 201 Å². The molecule has 0 saturated heterocycles. The Morgan fingerprint density at radius 2 is 1.89 bits per heavy atom. The highest BCUT2D eigenvalue weighted by atomic mass is 16.5. The highest BCUT2D eigenvalue weighted by molar-refractivity contribution is 6.06. The number of aromatic nitrogens is 4. The second kappa shape index (κ2) is 9.14. The summed E-state index contributed by atoms with van der Waals surface area (Å²) in [7, 11) is 0. The van der Waals surface area contributed by atoms with Crippen LogP contribution in [0.1, 0.15) is 19.4 Å². The first-order valence-electron chi connectivity index (χ1n) is 11.0. The number of hydrogen-bond acceptors (Lipinski definition) is 6. The van der Waals surface area contributed by atoms with Gasteiger partial charge in [-0.3, -0.25) is 4.98 Å². The Hall–Kier alpha value is -4.92. The fourth-order valence-electron chi connectivity index (χ4n) is 3.82. The van der Waals surface area contributed by atoms with Gasteiger partial charge in [0.05, 0.1) is 22.6 Å². The van der Waals surface area contributed by atoms with Crippen LogP contribution >= 0.6 is 0 Å². The Bertz CT molecular complexity index is 1540. The van der Waals surface area contributed by atoms with E-state index in [0.29, 0.717) is 34.5 Å². The molecule has 0 aliphatic heterocycles. The van der Waals surface area contributed by atoms with E-state index in [1.54, 1.807) is 30.9 Å². The number of amidine groups is 1. The van der Waals surface area contributed by atoms with E-state index >= 15 is 0 Å². The summed E-state index contributed by atoms with van der Waals surface area (Å²) in [5, 5.41) is 17.5. The summed E-state index contributed by atoms with van der Waals surface area (Å²) < 4.78 is 7.83. The second-order valence-electron chi connectivity index (χ2n) is 8.00. The Morgan fingerprint density at radius 1 is 1.09 bits per heavy atom. The van der Waals surface area contributed by atoms with Crippen LogP contribution in [0.4, 0.5) is 17.3 Å². The molecule has 2 aromatic carbocycles. The summed E-state index contributed by atoms with van der Waals surface area (Å²) in [4.78, 5) is 11.8. The fraction of sp³-hybridized carbons (Fsp3) is 0.0769. The van der Waals surface area contributed by atoms with Crippen LogP contribution in [0.15, 0.2) is 84.2 Å². The number of hydrogen-bond donors (Lipinski definition) is 4. The first kappa shape index (κ1) is 21.9. The molecular formula is C26H24N8O. The number of fused-ring (bicyclic) bond motifs is 1. The van der Waals surface area contributed by atoms with Crippen LogP contribution in [0.5, 0.6) is 11.5 Å². The summed E-state index contributed by atoms with van der Waals surface area (Å²) in [6, 6.07) is 19.1. The third-order valence-corrected chi connectivity index (χ3v) is 5.30. The van der Waals surface area contributed by atoms with Gasteiger partial charge in [0.1, 0.15) is 5.75 Å². The van der Waals surface area contributed by atoms with E-state index < -0.39 is 0 Å². The van der Waals surface area contributed by atoms with Gasteiger partial charge in [-0.25, -0.2) is 9.67 Å². The number of aromatic amines is 1. The van der Waals surface area contributed by atoms with E-state index in [1.165, 1.54) is 0 Å². The summed E-state index contributed by atoms with van der Waals surface area (Å²) >= 11 is 0. The number of nitrogens with zero attached hydrogens (tertiary/aromatic N) is 4. The van der Waals surface area contributed by atoms with E-state index in [0.717, 1.165) is 28.0 Å². The number of H-pyrrole nitrogens is 1. The molecule has 35 heavy (non-hydrogen) atoms. The molecule has 5 rings (SSSR count). The topological polar surface area (TPSA) is 130 Å². The predicted molar refractivity (Wildman–Crippen MR) is 139 cm³/mol. The number of anilines is 2. The molecule has 0 unspecified atom stereocenters. The molecular weight excluding hydrogens is 440 g/mol. The van der Waals surface area contributed by atoms with E-state index in [9.17, 15) is 0 Å². The van der Waals surface area contributed by atoms with Crippen molar-refractivity contribution in [2.75, 3.05) is 5.32 Å². The van der Waals surface area contributed by atoms with Crippen molar-refractivity contribution in [1.29, 1.82) is 5.41 Å². The minimum Gasteiger partial charge on any atom is -0.455 e. The van der Waals surface area contributed by atoms with Crippen molar-refractivity contribution in [2.24, 2.45) is 10.7 Å². The predicted octanol–water partition coefficient (Wildman–Crippen LogP) is 5.68. The molecule has 174 valence electrons. The SMILES string of the molecule is CC(=N)c1c(Nc2cccc(Oc3cccc4cc[nH]c34)c2)nn(-c2ccncc2)c1N=C(C)N. The van der Waals surface area contributed by atoms with Crippen molar-refractivity contribution in [2.45, 2.75) is 13.8 Å². The van der Waals surface area contributed by atoms with Gasteiger partial charge in [-0.1, -0.05) is 18.2 Å². The third kappa shape index (κ3) is 4.47. The highest BCUT2D eigenvalue weighted by Gasteiger charge is 2.21. The van der Waals surface area contributed by atoms with Crippen molar-refractivity contribution in [3.8, 4) is 17.2 Å². The Kier molecular flexibility index (Phi) is 5.72. The molecule has 0 saturated carbocycles. The highest BCUT2D eigenvalue weighted by Crippen LogP contribution is 2.34. The first-order valence-corrected chi connectivity index (χ1v) is 11.0. The second-order valence-corrected chi connectivity index (χ2v) is 8.00. The van der Waals surface area contributed by atoms with Crippen LogP contribution in [0.25, 0.3) is 16.6 Å². The van der Waals surface area contributed by atoms with Crippen molar-refractivity contribution < 1.29 is 4.74 Å². The van der Waals surface area contributed by atoms with Crippen molar-refractivity contribution in [3.05, 3.63) is 84.8 Å². The minimum atomic E-state index is 0.304. The van der Waals surface area contributed by atoms with Gasteiger partial charge in [-0.15, -0.1) is 5.10 Å². The molecule has 0 fully saturated rings.